The van der Waals surface area contributed by atoms with E-state index in [4.69, 9.17) is 5.11 Å². The number of halogens is 12. The minimum atomic E-state index is -5.79. The fraction of sp³-hybridized carbons (Fsp3) is 1.00. The number of alkyl halides is 12. The monoisotopic (exact) mass is 422 g/mol. The Morgan fingerprint density at radius 3 is 1.27 bits per heavy atom. The fourth-order valence-corrected chi connectivity index (χ4v) is 0.910. The zero-order valence-electron chi connectivity index (χ0n) is 12.9. The Bertz CT molecular complexity index is 370. The largest absolute Gasteiger partial charge is 0.423 e. The normalized spacial score (nSPS) is 16.2. The van der Waals surface area contributed by atoms with Crippen molar-refractivity contribution in [3.63, 3.8) is 0 Å². The van der Waals surface area contributed by atoms with Crippen LogP contribution in [-0.2, 0) is 9.47 Å². The van der Waals surface area contributed by atoms with E-state index >= 15 is 0 Å². The van der Waals surface area contributed by atoms with Gasteiger partial charge in [0.25, 0.3) is 6.10 Å². The van der Waals surface area contributed by atoms with Gasteiger partial charge in [-0.1, -0.05) is 6.92 Å². The number of aliphatic hydroxyl groups is 1. The standard InChI is InChI=1S/C7H7F9O2.C4H7F3O/c1-3(5(8,9)10)17-2-18-4(6(11,12)13)7(14,15)16;1-2-3(8)4(5,6)7/h3-4H,2H2,1H3;3,8H,2H2,1H3. The van der Waals surface area contributed by atoms with E-state index in [-0.39, 0.29) is 6.42 Å². The topological polar surface area (TPSA) is 38.7 Å². The van der Waals surface area contributed by atoms with Gasteiger partial charge in [-0.05, 0) is 13.3 Å². The molecule has 0 aromatic carbocycles. The van der Waals surface area contributed by atoms with Crippen LogP contribution in [0.3, 0.4) is 0 Å². The van der Waals surface area contributed by atoms with Crippen molar-refractivity contribution < 1.29 is 67.3 Å². The van der Waals surface area contributed by atoms with Gasteiger partial charge < -0.3 is 14.6 Å². The van der Waals surface area contributed by atoms with Crippen LogP contribution in [0.15, 0.2) is 0 Å². The van der Waals surface area contributed by atoms with Gasteiger partial charge in [-0.2, -0.15) is 52.7 Å². The van der Waals surface area contributed by atoms with Crippen LogP contribution in [0.5, 0.6) is 0 Å². The molecule has 0 rings (SSSR count). The summed E-state index contributed by atoms with van der Waals surface area (Å²) in [6.45, 7) is -0.0952. The molecule has 2 atom stereocenters. The molecule has 160 valence electrons. The van der Waals surface area contributed by atoms with Crippen LogP contribution in [0.2, 0.25) is 0 Å². The van der Waals surface area contributed by atoms with Crippen LogP contribution in [0.25, 0.3) is 0 Å². The third-order valence-corrected chi connectivity index (χ3v) is 2.37. The van der Waals surface area contributed by atoms with Gasteiger partial charge in [-0.15, -0.1) is 0 Å². The molecular weight excluding hydrogens is 408 g/mol. The molecule has 0 saturated heterocycles. The second-order valence-electron chi connectivity index (χ2n) is 4.56. The van der Waals surface area contributed by atoms with E-state index in [1.807, 2.05) is 0 Å². The summed E-state index contributed by atoms with van der Waals surface area (Å²) < 4.78 is 147. The van der Waals surface area contributed by atoms with Crippen LogP contribution in [-0.4, -0.2) is 54.9 Å². The second-order valence-corrected chi connectivity index (χ2v) is 4.56. The molecule has 0 aliphatic heterocycles. The molecule has 1 N–H and O–H groups in total. The van der Waals surface area contributed by atoms with Gasteiger partial charge in [0.15, 0.2) is 6.10 Å². The summed E-state index contributed by atoms with van der Waals surface area (Å²) in [4.78, 5) is 0. The summed E-state index contributed by atoms with van der Waals surface area (Å²) in [6, 6.07) is 0. The summed E-state index contributed by atoms with van der Waals surface area (Å²) in [7, 11) is 0. The van der Waals surface area contributed by atoms with Crippen LogP contribution < -0.4 is 0 Å². The van der Waals surface area contributed by atoms with Crippen molar-refractivity contribution in [2.24, 2.45) is 0 Å². The molecule has 0 heterocycles. The first-order chi connectivity index (χ1) is 11.2. The van der Waals surface area contributed by atoms with Crippen molar-refractivity contribution in [1.29, 1.82) is 0 Å². The predicted molar refractivity (Wildman–Crippen MR) is 60.8 cm³/mol. The molecule has 0 radical (unpaired) electrons. The van der Waals surface area contributed by atoms with E-state index in [2.05, 4.69) is 9.47 Å². The number of hydrogen-bond donors (Lipinski definition) is 1. The van der Waals surface area contributed by atoms with Crippen molar-refractivity contribution in [2.75, 3.05) is 6.79 Å². The maximum Gasteiger partial charge on any atom is 0.423 e. The number of hydrogen-bond acceptors (Lipinski definition) is 3. The van der Waals surface area contributed by atoms with Gasteiger partial charge in [0.1, 0.15) is 12.9 Å². The first-order valence-corrected chi connectivity index (χ1v) is 6.42. The predicted octanol–water partition coefficient (Wildman–Crippen LogP) is 4.74. The molecule has 3 nitrogen and oxygen atoms in total. The first-order valence-electron chi connectivity index (χ1n) is 6.42. The minimum absolute atomic E-state index is 0.274. The first kappa shape index (κ1) is 27.3. The molecule has 2 unspecified atom stereocenters. The lowest BCUT2D eigenvalue weighted by Crippen LogP contribution is -2.45. The minimum Gasteiger partial charge on any atom is -0.384 e. The van der Waals surface area contributed by atoms with E-state index in [1.54, 1.807) is 0 Å². The second kappa shape index (κ2) is 9.82. The van der Waals surface area contributed by atoms with E-state index in [0.29, 0.717) is 6.92 Å². The molecule has 0 aliphatic carbocycles. The molecule has 0 amide bonds. The average Bonchev–Trinajstić information content (AvgIpc) is 2.37. The van der Waals surface area contributed by atoms with Crippen molar-refractivity contribution in [3.8, 4) is 0 Å². The Morgan fingerprint density at radius 2 is 1.08 bits per heavy atom. The Labute approximate surface area is 138 Å². The van der Waals surface area contributed by atoms with Crippen LogP contribution in [0, 0.1) is 0 Å². The Morgan fingerprint density at radius 1 is 0.692 bits per heavy atom. The lowest BCUT2D eigenvalue weighted by molar-refractivity contribution is -0.343. The lowest BCUT2D eigenvalue weighted by atomic mass is 10.3. The van der Waals surface area contributed by atoms with Crippen LogP contribution in [0.4, 0.5) is 52.7 Å². The van der Waals surface area contributed by atoms with E-state index in [0.717, 1.165) is 0 Å². The van der Waals surface area contributed by atoms with Gasteiger partial charge in [0, 0.05) is 0 Å². The molecule has 0 aliphatic rings. The maximum absolute atomic E-state index is 11.9. The summed E-state index contributed by atoms with van der Waals surface area (Å²) in [5.41, 5.74) is 0. The average molecular weight is 422 g/mol. The zero-order valence-corrected chi connectivity index (χ0v) is 12.9. The number of rotatable bonds is 5. The van der Waals surface area contributed by atoms with Gasteiger partial charge in [0.05, 0.1) is 0 Å². The molecule has 0 saturated carbocycles. The fourth-order valence-electron chi connectivity index (χ4n) is 0.910. The highest BCUT2D eigenvalue weighted by Crippen LogP contribution is 2.35. The Balaban J connectivity index is 0. The van der Waals surface area contributed by atoms with Crippen molar-refractivity contribution in [1.82, 2.24) is 0 Å². The van der Waals surface area contributed by atoms with Crippen LogP contribution in [0.1, 0.15) is 20.3 Å². The molecule has 0 bridgehead atoms. The summed E-state index contributed by atoms with van der Waals surface area (Å²) in [5, 5.41) is 8.07. The van der Waals surface area contributed by atoms with Gasteiger partial charge >= 0.3 is 24.7 Å². The third kappa shape index (κ3) is 11.6. The molecule has 0 aromatic rings. The maximum atomic E-state index is 11.9. The van der Waals surface area contributed by atoms with Gasteiger partial charge in [-0.3, -0.25) is 0 Å². The molecular formula is C11H14F12O3. The van der Waals surface area contributed by atoms with E-state index in [9.17, 15) is 52.7 Å². The highest BCUT2D eigenvalue weighted by Gasteiger charge is 2.58. The van der Waals surface area contributed by atoms with E-state index < -0.39 is 49.8 Å². The third-order valence-electron chi connectivity index (χ3n) is 2.37. The Hall–Kier alpha value is -0.960. The van der Waals surface area contributed by atoms with Crippen molar-refractivity contribution in [2.45, 2.75) is 63.3 Å². The highest BCUT2D eigenvalue weighted by molar-refractivity contribution is 4.75. The summed E-state index contributed by atoms with van der Waals surface area (Å²) in [5.74, 6) is 0. The quantitative estimate of drug-likeness (QED) is 0.514. The molecule has 15 heteroatoms. The van der Waals surface area contributed by atoms with Crippen LogP contribution >= 0.6 is 0 Å². The molecule has 0 aromatic heterocycles. The summed E-state index contributed by atoms with van der Waals surface area (Å²) >= 11 is 0. The lowest BCUT2D eigenvalue weighted by Gasteiger charge is -2.24. The smallest absolute Gasteiger partial charge is 0.384 e. The SMILES string of the molecule is CC(OCOC(C(F)(F)F)C(F)(F)F)C(F)(F)F.CCC(O)C(F)(F)F. The van der Waals surface area contributed by atoms with Crippen molar-refractivity contribution >= 4 is 0 Å². The van der Waals surface area contributed by atoms with E-state index in [1.165, 1.54) is 6.92 Å². The highest BCUT2D eigenvalue weighted by atomic mass is 19.4. The zero-order chi connectivity index (χ0) is 21.6. The summed E-state index contributed by atoms with van der Waals surface area (Å²) in [6.07, 6.45) is -30.1. The molecule has 26 heavy (non-hydrogen) atoms. The molecule has 0 fully saturated rings. The van der Waals surface area contributed by atoms with Gasteiger partial charge in [-0.25, -0.2) is 0 Å². The number of ether oxygens (including phenoxy) is 2. The van der Waals surface area contributed by atoms with Crippen molar-refractivity contribution in [3.05, 3.63) is 0 Å². The van der Waals surface area contributed by atoms with Gasteiger partial charge in [0.2, 0.25) is 0 Å². The molecule has 0 spiro atoms. The number of aliphatic hydroxyl groups excluding tert-OH is 1. The Kier molecular flexibility index (Phi) is 10.3.